The third-order valence-electron chi connectivity index (χ3n) is 2.65. The molecule has 0 saturated heterocycles. The van der Waals surface area contributed by atoms with Crippen LogP contribution in [0.1, 0.15) is 18.2 Å². The minimum atomic E-state index is 0.224. The molecular weight excluding hydrogens is 228 g/mol. The van der Waals surface area contributed by atoms with Gasteiger partial charge in [-0.1, -0.05) is 6.92 Å². The molecule has 1 aromatic carbocycles. The molecule has 5 nitrogen and oxygen atoms in total. The van der Waals surface area contributed by atoms with Crippen LogP contribution in [0.3, 0.4) is 0 Å². The Kier molecular flexibility index (Phi) is 3.62. The number of phenolic OH excluding ortho intramolecular Hbond substituents is 1. The van der Waals surface area contributed by atoms with E-state index < -0.39 is 0 Å². The highest BCUT2D eigenvalue weighted by Crippen LogP contribution is 2.20. The number of aromatic nitrogens is 2. The number of nitrogen functional groups attached to an aromatic ring is 1. The van der Waals surface area contributed by atoms with Crippen LogP contribution in [0.4, 0.5) is 11.5 Å². The number of hydrogen-bond donors (Lipinski definition) is 3. The van der Waals surface area contributed by atoms with Crippen LogP contribution < -0.4 is 11.1 Å². The summed E-state index contributed by atoms with van der Waals surface area (Å²) in [6.45, 7) is 2.51. The molecule has 0 bridgehead atoms. The highest BCUT2D eigenvalue weighted by molar-refractivity contribution is 5.48. The molecule has 1 aromatic heterocycles. The van der Waals surface area contributed by atoms with Gasteiger partial charge in [0.2, 0.25) is 0 Å². The van der Waals surface area contributed by atoms with Gasteiger partial charge in [0.1, 0.15) is 17.9 Å². The molecule has 0 aliphatic heterocycles. The van der Waals surface area contributed by atoms with Crippen molar-refractivity contribution in [3.8, 4) is 5.75 Å². The zero-order valence-corrected chi connectivity index (χ0v) is 10.2. The van der Waals surface area contributed by atoms with Gasteiger partial charge in [0.15, 0.2) is 0 Å². The lowest BCUT2D eigenvalue weighted by Crippen LogP contribution is -2.03. The Morgan fingerprint density at radius 2 is 2.11 bits per heavy atom. The molecule has 2 aromatic rings. The van der Waals surface area contributed by atoms with E-state index >= 15 is 0 Å². The molecular formula is C13H16N4O. The van der Waals surface area contributed by atoms with Gasteiger partial charge in [-0.2, -0.15) is 0 Å². The number of phenols is 1. The lowest BCUT2D eigenvalue weighted by molar-refractivity contribution is 0.469. The van der Waals surface area contributed by atoms with Crippen molar-refractivity contribution in [3.05, 3.63) is 41.9 Å². The Morgan fingerprint density at radius 3 is 2.89 bits per heavy atom. The van der Waals surface area contributed by atoms with Gasteiger partial charge < -0.3 is 16.2 Å². The fraction of sp³-hybridized carbons (Fsp3) is 0.231. The normalized spacial score (nSPS) is 10.3. The first-order valence-electron chi connectivity index (χ1n) is 5.81. The SMILES string of the molecule is CCc1cc(NCc2cc(N)ccc2O)ncn1. The topological polar surface area (TPSA) is 84.1 Å². The highest BCUT2D eigenvalue weighted by atomic mass is 16.3. The largest absolute Gasteiger partial charge is 0.508 e. The Hall–Kier alpha value is -2.30. The van der Waals surface area contributed by atoms with Gasteiger partial charge in [0, 0.05) is 29.6 Å². The van der Waals surface area contributed by atoms with E-state index in [2.05, 4.69) is 15.3 Å². The summed E-state index contributed by atoms with van der Waals surface area (Å²) in [4.78, 5) is 8.24. The number of anilines is 2. The molecule has 94 valence electrons. The van der Waals surface area contributed by atoms with Crippen LogP contribution in [0, 0.1) is 0 Å². The minimum absolute atomic E-state index is 0.224. The molecule has 2 rings (SSSR count). The second-order valence-electron chi connectivity index (χ2n) is 3.99. The summed E-state index contributed by atoms with van der Waals surface area (Å²) in [5.74, 6) is 0.963. The molecule has 0 atom stereocenters. The molecule has 18 heavy (non-hydrogen) atoms. The smallest absolute Gasteiger partial charge is 0.129 e. The summed E-state index contributed by atoms with van der Waals surface area (Å²) in [6, 6.07) is 6.89. The number of aromatic hydroxyl groups is 1. The number of benzene rings is 1. The molecule has 0 fully saturated rings. The van der Waals surface area contributed by atoms with Crippen LogP contribution in [0.2, 0.25) is 0 Å². The third-order valence-corrected chi connectivity index (χ3v) is 2.65. The maximum atomic E-state index is 9.69. The highest BCUT2D eigenvalue weighted by Gasteiger charge is 2.02. The first-order valence-corrected chi connectivity index (χ1v) is 5.81. The number of hydrogen-bond acceptors (Lipinski definition) is 5. The second-order valence-corrected chi connectivity index (χ2v) is 3.99. The first-order chi connectivity index (χ1) is 8.69. The molecule has 0 aliphatic rings. The van der Waals surface area contributed by atoms with Crippen molar-refractivity contribution in [1.29, 1.82) is 0 Å². The van der Waals surface area contributed by atoms with Gasteiger partial charge in [-0.3, -0.25) is 0 Å². The maximum absolute atomic E-state index is 9.69. The van der Waals surface area contributed by atoms with E-state index in [4.69, 9.17) is 5.73 Å². The van der Waals surface area contributed by atoms with Crippen LogP contribution in [0.25, 0.3) is 0 Å². The van der Waals surface area contributed by atoms with Crippen molar-refractivity contribution in [2.24, 2.45) is 0 Å². The zero-order valence-electron chi connectivity index (χ0n) is 10.2. The fourth-order valence-electron chi connectivity index (χ4n) is 1.62. The lowest BCUT2D eigenvalue weighted by atomic mass is 10.2. The number of nitrogens with zero attached hydrogens (tertiary/aromatic N) is 2. The molecule has 4 N–H and O–H groups in total. The summed E-state index contributed by atoms with van der Waals surface area (Å²) in [7, 11) is 0. The van der Waals surface area contributed by atoms with Crippen molar-refractivity contribution in [2.75, 3.05) is 11.1 Å². The van der Waals surface area contributed by atoms with Gasteiger partial charge in [0.25, 0.3) is 0 Å². The van der Waals surface area contributed by atoms with Crippen LogP contribution in [0.5, 0.6) is 5.75 Å². The molecule has 1 heterocycles. The fourth-order valence-corrected chi connectivity index (χ4v) is 1.62. The van der Waals surface area contributed by atoms with E-state index in [1.165, 1.54) is 6.33 Å². The van der Waals surface area contributed by atoms with Crippen molar-refractivity contribution >= 4 is 11.5 Å². The zero-order chi connectivity index (χ0) is 13.0. The van der Waals surface area contributed by atoms with Crippen molar-refractivity contribution in [1.82, 2.24) is 9.97 Å². The molecule has 0 saturated carbocycles. The summed E-state index contributed by atoms with van der Waals surface area (Å²) < 4.78 is 0. The Balaban J connectivity index is 2.08. The van der Waals surface area contributed by atoms with Crippen molar-refractivity contribution in [3.63, 3.8) is 0 Å². The number of nitrogens with two attached hydrogens (primary N) is 1. The molecule has 5 heteroatoms. The van der Waals surface area contributed by atoms with E-state index in [0.29, 0.717) is 12.2 Å². The monoisotopic (exact) mass is 244 g/mol. The minimum Gasteiger partial charge on any atom is -0.508 e. The third kappa shape index (κ3) is 2.88. The lowest BCUT2D eigenvalue weighted by Gasteiger charge is -2.08. The first kappa shape index (κ1) is 12.2. The predicted octanol–water partition coefficient (Wildman–Crippen LogP) is 1.94. The Labute approximate surface area is 106 Å². The predicted molar refractivity (Wildman–Crippen MR) is 71.3 cm³/mol. The average Bonchev–Trinajstić information content (AvgIpc) is 2.40. The standard InChI is InChI=1S/C13H16N4O/c1-2-11-6-13(17-8-16-11)15-7-9-5-10(14)3-4-12(9)18/h3-6,8,18H,2,7,14H2,1H3,(H,15,16,17). The van der Waals surface area contributed by atoms with Crippen LogP contribution >= 0.6 is 0 Å². The summed E-state index contributed by atoms with van der Waals surface area (Å²) in [5, 5.41) is 12.8. The van der Waals surface area contributed by atoms with Gasteiger partial charge >= 0.3 is 0 Å². The molecule has 0 spiro atoms. The van der Waals surface area contributed by atoms with Crippen molar-refractivity contribution in [2.45, 2.75) is 19.9 Å². The summed E-state index contributed by atoms with van der Waals surface area (Å²) in [5.41, 5.74) is 8.02. The molecule has 0 aliphatic carbocycles. The van der Waals surface area contributed by atoms with Gasteiger partial charge in [0.05, 0.1) is 0 Å². The van der Waals surface area contributed by atoms with E-state index in [0.717, 1.165) is 23.5 Å². The van der Waals surface area contributed by atoms with E-state index in [1.807, 2.05) is 13.0 Å². The second kappa shape index (κ2) is 5.35. The van der Waals surface area contributed by atoms with E-state index in [9.17, 15) is 5.11 Å². The van der Waals surface area contributed by atoms with Gasteiger partial charge in [-0.05, 0) is 24.6 Å². The van der Waals surface area contributed by atoms with Gasteiger partial charge in [-0.25, -0.2) is 9.97 Å². The number of aryl methyl sites for hydroxylation is 1. The molecule has 0 radical (unpaired) electrons. The quantitative estimate of drug-likeness (QED) is 0.565. The van der Waals surface area contributed by atoms with Crippen LogP contribution in [-0.2, 0) is 13.0 Å². The summed E-state index contributed by atoms with van der Waals surface area (Å²) >= 11 is 0. The van der Waals surface area contributed by atoms with E-state index in [-0.39, 0.29) is 5.75 Å². The molecule has 0 amide bonds. The maximum Gasteiger partial charge on any atom is 0.129 e. The average molecular weight is 244 g/mol. The van der Waals surface area contributed by atoms with Crippen LogP contribution in [-0.4, -0.2) is 15.1 Å². The number of rotatable bonds is 4. The summed E-state index contributed by atoms with van der Waals surface area (Å²) in [6.07, 6.45) is 2.39. The molecule has 0 unspecified atom stereocenters. The van der Waals surface area contributed by atoms with Crippen LogP contribution in [0.15, 0.2) is 30.6 Å². The Morgan fingerprint density at radius 1 is 1.28 bits per heavy atom. The van der Waals surface area contributed by atoms with E-state index in [1.54, 1.807) is 18.2 Å². The Bertz CT molecular complexity index is 542. The van der Waals surface area contributed by atoms with Crippen molar-refractivity contribution < 1.29 is 5.11 Å². The van der Waals surface area contributed by atoms with Gasteiger partial charge in [-0.15, -0.1) is 0 Å². The number of nitrogens with one attached hydrogen (secondary N) is 1.